The Balaban J connectivity index is 1.36. The number of aliphatic imine (C=N–C) groups is 1. The predicted octanol–water partition coefficient (Wildman–Crippen LogP) is 5.69. The van der Waals surface area contributed by atoms with Gasteiger partial charge in [0.15, 0.2) is 0 Å². The highest BCUT2D eigenvalue weighted by Gasteiger charge is 2.17. The molecule has 0 fully saturated rings. The number of carbonyl (C=O) groups excluding carboxylic acids is 1. The topological polar surface area (TPSA) is 111 Å². The minimum absolute atomic E-state index is 0.153. The molecule has 1 N–H and O–H groups in total. The maximum Gasteiger partial charge on any atom is 0.247 e. The minimum Gasteiger partial charge on any atom is -0.423 e. The molecule has 2 aromatic carbocycles. The molecule has 0 saturated heterocycles. The van der Waals surface area contributed by atoms with E-state index in [1.165, 1.54) is 6.39 Å². The molecule has 5 rings (SSSR count). The van der Waals surface area contributed by atoms with Gasteiger partial charge in [0.2, 0.25) is 18.2 Å². The second-order valence-corrected chi connectivity index (χ2v) is 9.21. The molecule has 0 aliphatic rings. The Morgan fingerprint density at radius 2 is 2.00 bits per heavy atom. The van der Waals surface area contributed by atoms with Crippen molar-refractivity contribution in [1.29, 1.82) is 0 Å². The van der Waals surface area contributed by atoms with Gasteiger partial charge in [0, 0.05) is 22.9 Å². The normalized spacial score (nSPS) is 12.3. The van der Waals surface area contributed by atoms with Gasteiger partial charge in [0.05, 0.1) is 40.7 Å². The van der Waals surface area contributed by atoms with Crippen LogP contribution in [0, 0.1) is 19.8 Å². The number of carbonyl (C=O) groups is 1. The summed E-state index contributed by atoms with van der Waals surface area (Å²) in [7, 11) is 0. The van der Waals surface area contributed by atoms with Crippen molar-refractivity contribution >= 4 is 34.4 Å². The van der Waals surface area contributed by atoms with Gasteiger partial charge in [-0.2, -0.15) is 5.10 Å². The van der Waals surface area contributed by atoms with Crippen molar-refractivity contribution in [2.75, 3.05) is 5.32 Å². The summed E-state index contributed by atoms with van der Waals surface area (Å²) in [6.07, 6.45) is 3.77. The second kappa shape index (κ2) is 10.8. The van der Waals surface area contributed by atoms with Crippen LogP contribution in [0.15, 0.2) is 70.4 Å². The minimum atomic E-state index is -0.464. The van der Waals surface area contributed by atoms with Crippen molar-refractivity contribution in [3.63, 3.8) is 0 Å². The van der Waals surface area contributed by atoms with Crippen molar-refractivity contribution in [3.8, 4) is 11.5 Å². The predicted molar refractivity (Wildman–Crippen MR) is 148 cm³/mol. The quantitative estimate of drug-likeness (QED) is 0.270. The van der Waals surface area contributed by atoms with E-state index in [0.29, 0.717) is 12.4 Å². The van der Waals surface area contributed by atoms with E-state index in [1.54, 1.807) is 6.21 Å². The van der Waals surface area contributed by atoms with E-state index in [2.05, 4.69) is 32.4 Å². The summed E-state index contributed by atoms with van der Waals surface area (Å²) in [6.45, 7) is 8.36. The van der Waals surface area contributed by atoms with Crippen LogP contribution in [0.1, 0.15) is 36.5 Å². The fourth-order valence-corrected chi connectivity index (χ4v) is 4.41. The number of anilines is 1. The van der Waals surface area contributed by atoms with Crippen LogP contribution in [-0.2, 0) is 17.8 Å². The van der Waals surface area contributed by atoms with Crippen molar-refractivity contribution in [1.82, 2.24) is 25.0 Å². The lowest BCUT2D eigenvalue weighted by Crippen LogP contribution is -2.21. The molecule has 192 valence electrons. The van der Waals surface area contributed by atoms with Crippen LogP contribution in [0.5, 0.6) is 0 Å². The zero-order chi connectivity index (χ0) is 26.6. The molecule has 38 heavy (non-hydrogen) atoms. The zero-order valence-corrected chi connectivity index (χ0v) is 21.8. The maximum absolute atomic E-state index is 13.2. The highest BCUT2D eigenvalue weighted by atomic mass is 16.4. The zero-order valence-electron chi connectivity index (χ0n) is 21.8. The molecular weight excluding hydrogens is 478 g/mol. The van der Waals surface area contributed by atoms with Crippen LogP contribution in [0.2, 0.25) is 0 Å². The van der Waals surface area contributed by atoms with Gasteiger partial charge in [0.1, 0.15) is 0 Å². The van der Waals surface area contributed by atoms with Crippen LogP contribution in [-0.4, -0.2) is 37.1 Å². The van der Waals surface area contributed by atoms with Crippen LogP contribution in [0.4, 0.5) is 11.4 Å². The highest BCUT2D eigenvalue weighted by molar-refractivity contribution is 6.07. The molecule has 0 spiro atoms. The van der Waals surface area contributed by atoms with E-state index in [-0.39, 0.29) is 5.91 Å². The lowest BCUT2D eigenvalue weighted by Gasteiger charge is -2.11. The number of nitrogens with zero attached hydrogens (tertiary/aromatic N) is 6. The SMILES string of the molecule is CCc1ccc(-c2nnco2)cc1N=CC(C)C(=O)Nc1cccc2c1c(C)nn2Cc1cccc(C)n1. The number of benzene rings is 2. The van der Waals surface area contributed by atoms with Crippen molar-refractivity contribution in [2.45, 2.75) is 40.7 Å². The number of rotatable bonds is 8. The number of hydrogen-bond donors (Lipinski definition) is 1. The largest absolute Gasteiger partial charge is 0.423 e. The van der Waals surface area contributed by atoms with Crippen molar-refractivity contribution in [2.24, 2.45) is 10.9 Å². The monoisotopic (exact) mass is 507 g/mol. The van der Waals surface area contributed by atoms with E-state index >= 15 is 0 Å². The molecule has 0 aliphatic carbocycles. The van der Waals surface area contributed by atoms with Gasteiger partial charge in [-0.1, -0.05) is 25.1 Å². The van der Waals surface area contributed by atoms with Crippen LogP contribution in [0.3, 0.4) is 0 Å². The van der Waals surface area contributed by atoms with E-state index in [0.717, 1.165) is 56.9 Å². The Morgan fingerprint density at radius 3 is 2.76 bits per heavy atom. The van der Waals surface area contributed by atoms with Gasteiger partial charge in [-0.25, -0.2) is 0 Å². The third-order valence-corrected chi connectivity index (χ3v) is 6.39. The number of amides is 1. The smallest absolute Gasteiger partial charge is 0.247 e. The molecule has 3 heterocycles. The van der Waals surface area contributed by atoms with Gasteiger partial charge in [-0.15, -0.1) is 10.2 Å². The first kappa shape index (κ1) is 25.0. The molecule has 1 amide bonds. The summed E-state index contributed by atoms with van der Waals surface area (Å²) < 4.78 is 7.24. The molecule has 1 atom stereocenters. The second-order valence-electron chi connectivity index (χ2n) is 9.21. The van der Waals surface area contributed by atoms with Gasteiger partial charge in [-0.05, 0) is 69.2 Å². The molecule has 0 bridgehead atoms. The Bertz CT molecular complexity index is 1620. The van der Waals surface area contributed by atoms with Gasteiger partial charge in [-0.3, -0.25) is 19.5 Å². The molecule has 0 saturated carbocycles. The van der Waals surface area contributed by atoms with Crippen LogP contribution >= 0.6 is 0 Å². The summed E-state index contributed by atoms with van der Waals surface area (Å²) in [4.78, 5) is 22.4. The average molecular weight is 508 g/mol. The summed E-state index contributed by atoms with van der Waals surface area (Å²) >= 11 is 0. The number of nitrogens with one attached hydrogen (secondary N) is 1. The first-order chi connectivity index (χ1) is 18.4. The third-order valence-electron chi connectivity index (χ3n) is 6.39. The average Bonchev–Trinajstić information content (AvgIpc) is 3.56. The maximum atomic E-state index is 13.2. The molecule has 0 radical (unpaired) electrons. The summed E-state index contributed by atoms with van der Waals surface area (Å²) in [5, 5.41) is 16.4. The van der Waals surface area contributed by atoms with Gasteiger partial charge < -0.3 is 9.73 Å². The molecule has 0 aliphatic heterocycles. The van der Waals surface area contributed by atoms with E-state index in [1.807, 2.05) is 80.1 Å². The number of fused-ring (bicyclic) bond motifs is 1. The summed E-state index contributed by atoms with van der Waals surface area (Å²) in [5.74, 6) is -0.189. The van der Waals surface area contributed by atoms with Crippen molar-refractivity contribution < 1.29 is 9.21 Å². The van der Waals surface area contributed by atoms with E-state index in [4.69, 9.17) is 9.52 Å². The Kier molecular flexibility index (Phi) is 7.08. The fraction of sp³-hybridized carbons (Fsp3) is 0.241. The number of hydrogen-bond acceptors (Lipinski definition) is 7. The number of aromatic nitrogens is 5. The standard InChI is InChI=1S/C29H29N7O2/c1-5-21-12-13-22(29-34-31-17-38-29)14-25(21)30-15-18(2)28(37)33-24-10-7-11-26-27(24)20(4)35-36(26)16-23-9-6-8-19(3)32-23/h6-15,17-18H,5,16H2,1-4H3,(H,33,37). The Hall–Kier alpha value is -4.66. The van der Waals surface area contributed by atoms with Gasteiger partial charge >= 0.3 is 0 Å². The lowest BCUT2D eigenvalue weighted by atomic mass is 10.1. The molecular formula is C29H29N7O2. The number of aryl methyl sites for hydroxylation is 3. The molecule has 5 aromatic rings. The lowest BCUT2D eigenvalue weighted by molar-refractivity contribution is -0.117. The summed E-state index contributed by atoms with van der Waals surface area (Å²) in [6, 6.07) is 17.6. The van der Waals surface area contributed by atoms with E-state index < -0.39 is 5.92 Å². The summed E-state index contributed by atoms with van der Waals surface area (Å²) in [5.41, 5.74) is 7.02. The Morgan fingerprint density at radius 1 is 1.16 bits per heavy atom. The highest BCUT2D eigenvalue weighted by Crippen LogP contribution is 2.29. The first-order valence-corrected chi connectivity index (χ1v) is 12.6. The molecule has 9 heteroatoms. The Labute approximate surface area is 220 Å². The molecule has 1 unspecified atom stereocenters. The molecule has 3 aromatic heterocycles. The van der Waals surface area contributed by atoms with Crippen LogP contribution in [0.25, 0.3) is 22.4 Å². The van der Waals surface area contributed by atoms with Gasteiger partial charge in [0.25, 0.3) is 0 Å². The molecule has 9 nitrogen and oxygen atoms in total. The number of pyridine rings is 1. The van der Waals surface area contributed by atoms with Crippen LogP contribution < -0.4 is 5.32 Å². The first-order valence-electron chi connectivity index (χ1n) is 12.6. The third kappa shape index (κ3) is 5.22. The van der Waals surface area contributed by atoms with Crippen molar-refractivity contribution in [3.05, 3.63) is 83.6 Å². The van der Waals surface area contributed by atoms with E-state index in [9.17, 15) is 4.79 Å². The fourth-order valence-electron chi connectivity index (χ4n) is 4.41.